The Balaban J connectivity index is 1.79. The lowest BCUT2D eigenvalue weighted by molar-refractivity contribution is -0.00344. The van der Waals surface area contributed by atoms with E-state index in [2.05, 4.69) is 35.6 Å². The van der Waals surface area contributed by atoms with Gasteiger partial charge >= 0.3 is 0 Å². The molecule has 2 nitrogen and oxygen atoms in total. The molecule has 2 heteroatoms. The molecule has 1 aromatic rings. The molecule has 16 heavy (non-hydrogen) atoms. The summed E-state index contributed by atoms with van der Waals surface area (Å²) in [5.74, 6) is 0. The molecule has 1 fully saturated rings. The fourth-order valence-corrected chi connectivity index (χ4v) is 2.50. The van der Waals surface area contributed by atoms with E-state index < -0.39 is 0 Å². The highest BCUT2D eigenvalue weighted by molar-refractivity contribution is 5.14. The van der Waals surface area contributed by atoms with Crippen LogP contribution in [0.15, 0.2) is 30.3 Å². The van der Waals surface area contributed by atoms with Crippen molar-refractivity contribution in [1.29, 1.82) is 0 Å². The fraction of sp³-hybridized carbons (Fsp3) is 0.571. The van der Waals surface area contributed by atoms with Crippen LogP contribution in [0.2, 0.25) is 0 Å². The number of ether oxygens (including phenoxy) is 1. The first-order chi connectivity index (χ1) is 7.85. The van der Waals surface area contributed by atoms with Gasteiger partial charge in [0.15, 0.2) is 0 Å². The molecule has 88 valence electrons. The smallest absolute Gasteiger partial charge is 0.0802 e. The van der Waals surface area contributed by atoms with Crippen molar-refractivity contribution < 1.29 is 4.74 Å². The van der Waals surface area contributed by atoms with E-state index in [1.165, 1.54) is 31.2 Å². The first-order valence-corrected chi connectivity index (χ1v) is 6.14. The standard InChI is InChI=1S/C14H21NO/c1-16-14(9-5-6-10-14)12-15-11-13-7-3-2-4-8-13/h2-4,7-8,15H,5-6,9-12H2,1H3. The van der Waals surface area contributed by atoms with Gasteiger partial charge in [-0.25, -0.2) is 0 Å². The highest BCUT2D eigenvalue weighted by Crippen LogP contribution is 2.31. The van der Waals surface area contributed by atoms with E-state index in [9.17, 15) is 0 Å². The maximum Gasteiger partial charge on any atom is 0.0802 e. The minimum absolute atomic E-state index is 0.106. The monoisotopic (exact) mass is 219 g/mol. The van der Waals surface area contributed by atoms with Gasteiger partial charge in [0.05, 0.1) is 5.60 Å². The Labute approximate surface area is 98.0 Å². The van der Waals surface area contributed by atoms with E-state index in [4.69, 9.17) is 4.74 Å². The molecule has 0 unspecified atom stereocenters. The summed E-state index contributed by atoms with van der Waals surface area (Å²) in [6.07, 6.45) is 5.01. The van der Waals surface area contributed by atoms with Crippen molar-refractivity contribution in [3.63, 3.8) is 0 Å². The SMILES string of the molecule is COC1(CNCc2ccccc2)CCCC1. The van der Waals surface area contributed by atoms with Crippen LogP contribution in [0, 0.1) is 0 Å². The fourth-order valence-electron chi connectivity index (χ4n) is 2.50. The third-order valence-corrected chi connectivity index (χ3v) is 3.57. The van der Waals surface area contributed by atoms with Crippen LogP contribution in [-0.4, -0.2) is 19.3 Å². The molecular formula is C14H21NO. The Morgan fingerprint density at radius 3 is 2.50 bits per heavy atom. The molecule has 0 spiro atoms. The molecule has 0 atom stereocenters. The van der Waals surface area contributed by atoms with Crippen molar-refractivity contribution in [2.24, 2.45) is 0 Å². The summed E-state index contributed by atoms with van der Waals surface area (Å²) >= 11 is 0. The van der Waals surface area contributed by atoms with Crippen LogP contribution < -0.4 is 5.32 Å². The van der Waals surface area contributed by atoms with E-state index in [0.717, 1.165) is 13.1 Å². The number of rotatable bonds is 5. The van der Waals surface area contributed by atoms with Crippen molar-refractivity contribution in [2.45, 2.75) is 37.8 Å². The molecule has 0 aliphatic heterocycles. The average molecular weight is 219 g/mol. The lowest BCUT2D eigenvalue weighted by Crippen LogP contribution is -2.39. The minimum atomic E-state index is 0.106. The quantitative estimate of drug-likeness (QED) is 0.822. The van der Waals surface area contributed by atoms with Crippen molar-refractivity contribution in [3.8, 4) is 0 Å². The Morgan fingerprint density at radius 2 is 1.88 bits per heavy atom. The van der Waals surface area contributed by atoms with E-state index in [-0.39, 0.29) is 5.60 Å². The molecule has 1 aromatic carbocycles. The first-order valence-electron chi connectivity index (χ1n) is 6.14. The molecule has 0 amide bonds. The van der Waals surface area contributed by atoms with Gasteiger partial charge in [0.2, 0.25) is 0 Å². The summed E-state index contributed by atoms with van der Waals surface area (Å²) in [6.45, 7) is 1.91. The summed E-state index contributed by atoms with van der Waals surface area (Å²) in [6, 6.07) is 10.5. The van der Waals surface area contributed by atoms with Crippen LogP contribution in [0.4, 0.5) is 0 Å². The molecule has 1 saturated carbocycles. The minimum Gasteiger partial charge on any atom is -0.377 e. The predicted molar refractivity (Wildman–Crippen MR) is 66.4 cm³/mol. The van der Waals surface area contributed by atoms with E-state index >= 15 is 0 Å². The van der Waals surface area contributed by atoms with Crippen molar-refractivity contribution in [2.75, 3.05) is 13.7 Å². The second kappa shape index (κ2) is 5.46. The third kappa shape index (κ3) is 2.83. The molecule has 0 aromatic heterocycles. The molecule has 0 heterocycles. The van der Waals surface area contributed by atoms with Crippen LogP contribution >= 0.6 is 0 Å². The highest BCUT2D eigenvalue weighted by atomic mass is 16.5. The number of benzene rings is 1. The molecule has 1 aliphatic carbocycles. The number of hydrogen-bond acceptors (Lipinski definition) is 2. The zero-order valence-corrected chi connectivity index (χ0v) is 10.0. The zero-order chi connectivity index (χ0) is 11.3. The second-order valence-electron chi connectivity index (χ2n) is 4.68. The number of nitrogens with one attached hydrogen (secondary N) is 1. The zero-order valence-electron chi connectivity index (χ0n) is 10.0. The summed E-state index contributed by atoms with van der Waals surface area (Å²) < 4.78 is 5.67. The maximum atomic E-state index is 5.67. The molecule has 2 rings (SSSR count). The van der Waals surface area contributed by atoms with E-state index in [0.29, 0.717) is 0 Å². The molecule has 0 bridgehead atoms. The lowest BCUT2D eigenvalue weighted by Gasteiger charge is -2.27. The van der Waals surface area contributed by atoms with Gasteiger partial charge in [0, 0.05) is 20.2 Å². The number of hydrogen-bond donors (Lipinski definition) is 1. The van der Waals surface area contributed by atoms with Gasteiger partial charge in [-0.1, -0.05) is 43.2 Å². The van der Waals surface area contributed by atoms with Crippen molar-refractivity contribution >= 4 is 0 Å². The van der Waals surface area contributed by atoms with Crippen molar-refractivity contribution in [3.05, 3.63) is 35.9 Å². The summed E-state index contributed by atoms with van der Waals surface area (Å²) in [5, 5.41) is 3.51. The summed E-state index contributed by atoms with van der Waals surface area (Å²) in [4.78, 5) is 0. The third-order valence-electron chi connectivity index (χ3n) is 3.57. The van der Waals surface area contributed by atoms with Gasteiger partial charge in [-0.2, -0.15) is 0 Å². The van der Waals surface area contributed by atoms with Crippen LogP contribution in [-0.2, 0) is 11.3 Å². The van der Waals surface area contributed by atoms with Gasteiger partial charge in [-0.15, -0.1) is 0 Å². The molecule has 0 saturated heterocycles. The highest BCUT2D eigenvalue weighted by Gasteiger charge is 2.32. The van der Waals surface area contributed by atoms with E-state index in [1.54, 1.807) is 0 Å². The average Bonchev–Trinajstić information content (AvgIpc) is 2.80. The summed E-state index contributed by atoms with van der Waals surface area (Å²) in [7, 11) is 1.84. The van der Waals surface area contributed by atoms with Crippen LogP contribution in [0.1, 0.15) is 31.2 Å². The maximum absolute atomic E-state index is 5.67. The molecule has 0 radical (unpaired) electrons. The molecular weight excluding hydrogens is 198 g/mol. The normalized spacial score (nSPS) is 18.8. The van der Waals surface area contributed by atoms with E-state index in [1.807, 2.05) is 7.11 Å². The largest absolute Gasteiger partial charge is 0.377 e. The predicted octanol–water partition coefficient (Wildman–Crippen LogP) is 2.74. The van der Waals surface area contributed by atoms with Gasteiger partial charge in [-0.05, 0) is 18.4 Å². The first kappa shape index (κ1) is 11.6. The van der Waals surface area contributed by atoms with Gasteiger partial charge < -0.3 is 10.1 Å². The van der Waals surface area contributed by atoms with Crippen molar-refractivity contribution in [1.82, 2.24) is 5.32 Å². The van der Waals surface area contributed by atoms with Gasteiger partial charge in [0.25, 0.3) is 0 Å². The molecule has 1 aliphatic rings. The Hall–Kier alpha value is -0.860. The summed E-state index contributed by atoms with van der Waals surface area (Å²) in [5.41, 5.74) is 1.45. The van der Waals surface area contributed by atoms with Crippen LogP contribution in [0.5, 0.6) is 0 Å². The lowest BCUT2D eigenvalue weighted by atomic mass is 10.0. The Morgan fingerprint density at radius 1 is 1.19 bits per heavy atom. The number of methoxy groups -OCH3 is 1. The topological polar surface area (TPSA) is 21.3 Å². The van der Waals surface area contributed by atoms with Gasteiger partial charge in [0.1, 0.15) is 0 Å². The second-order valence-corrected chi connectivity index (χ2v) is 4.68. The Bertz CT molecular complexity index is 304. The van der Waals surface area contributed by atoms with Crippen LogP contribution in [0.25, 0.3) is 0 Å². The Kier molecular flexibility index (Phi) is 3.97. The molecule has 1 N–H and O–H groups in total. The van der Waals surface area contributed by atoms with Gasteiger partial charge in [-0.3, -0.25) is 0 Å². The van der Waals surface area contributed by atoms with Crippen LogP contribution in [0.3, 0.4) is 0 Å².